The van der Waals surface area contributed by atoms with Gasteiger partial charge in [0.05, 0.1) is 0 Å². The third-order valence-electron chi connectivity index (χ3n) is 2.07. The topological polar surface area (TPSA) is 12.0 Å². The minimum Gasteiger partial charge on any atom is -0.375 e. The number of hydrogen-bond donors (Lipinski definition) is 1. The summed E-state index contributed by atoms with van der Waals surface area (Å²) in [7, 11) is 0. The largest absolute Gasteiger partial charge is 0.375 e. The Morgan fingerprint density at radius 3 is 2.29 bits per heavy atom. The van der Waals surface area contributed by atoms with Crippen LogP contribution in [-0.2, 0) is 6.54 Å². The van der Waals surface area contributed by atoms with Crippen LogP contribution >= 0.6 is 27.3 Å². The van der Waals surface area contributed by atoms with E-state index in [4.69, 9.17) is 0 Å². The zero-order valence-electron chi connectivity index (χ0n) is 8.44. The van der Waals surface area contributed by atoms with Gasteiger partial charge in [-0.05, 0) is 22.0 Å². The normalized spacial score (nSPS) is 10.6. The SMILES string of the molecule is Fc1cc(F)c(NCc2cc(Br)cs2)c(F)c1. The first-order valence-corrected chi connectivity index (χ1v) is 6.35. The zero-order chi connectivity index (χ0) is 12.4. The summed E-state index contributed by atoms with van der Waals surface area (Å²) in [5, 5.41) is 4.48. The van der Waals surface area contributed by atoms with E-state index in [0.29, 0.717) is 12.1 Å². The first kappa shape index (κ1) is 12.4. The maximum absolute atomic E-state index is 13.3. The molecule has 0 bridgehead atoms. The van der Waals surface area contributed by atoms with E-state index in [9.17, 15) is 13.2 Å². The Kier molecular flexibility index (Phi) is 3.73. The first-order chi connectivity index (χ1) is 8.06. The van der Waals surface area contributed by atoms with E-state index >= 15 is 0 Å². The molecule has 1 N–H and O–H groups in total. The standard InChI is InChI=1S/C11H7BrF3NS/c12-6-1-8(17-5-6)4-16-11-9(14)2-7(13)3-10(11)15/h1-3,5,16H,4H2. The third-order valence-corrected chi connectivity index (χ3v) is 3.77. The summed E-state index contributed by atoms with van der Waals surface area (Å²) in [6.45, 7) is 0.287. The van der Waals surface area contributed by atoms with E-state index < -0.39 is 17.5 Å². The molecule has 0 aliphatic carbocycles. The molecule has 0 spiro atoms. The molecule has 0 atom stereocenters. The molecule has 1 nitrogen and oxygen atoms in total. The Labute approximate surface area is 108 Å². The van der Waals surface area contributed by atoms with Crippen molar-refractivity contribution < 1.29 is 13.2 Å². The molecular weight excluding hydrogens is 315 g/mol. The second kappa shape index (κ2) is 5.10. The Morgan fingerprint density at radius 1 is 1.12 bits per heavy atom. The molecule has 1 aromatic carbocycles. The molecule has 0 fully saturated rings. The predicted molar refractivity (Wildman–Crippen MR) is 65.7 cm³/mol. The van der Waals surface area contributed by atoms with Gasteiger partial charge in [0.2, 0.25) is 0 Å². The van der Waals surface area contributed by atoms with Crippen LogP contribution in [-0.4, -0.2) is 0 Å². The fourth-order valence-corrected chi connectivity index (χ4v) is 2.72. The van der Waals surface area contributed by atoms with Crippen LogP contribution < -0.4 is 5.32 Å². The average Bonchev–Trinajstić information content (AvgIpc) is 2.62. The Balaban J connectivity index is 2.14. The molecule has 0 saturated carbocycles. The predicted octanol–water partition coefficient (Wildman–Crippen LogP) is 4.54. The van der Waals surface area contributed by atoms with Gasteiger partial charge < -0.3 is 5.32 Å². The van der Waals surface area contributed by atoms with Gasteiger partial charge in [-0.2, -0.15) is 0 Å². The van der Waals surface area contributed by atoms with Gasteiger partial charge in [0.25, 0.3) is 0 Å². The number of nitrogens with one attached hydrogen (secondary N) is 1. The number of halogens is 4. The summed E-state index contributed by atoms with van der Waals surface area (Å²) in [6.07, 6.45) is 0. The van der Waals surface area contributed by atoms with Gasteiger partial charge in [-0.25, -0.2) is 13.2 Å². The highest BCUT2D eigenvalue weighted by molar-refractivity contribution is 9.10. The molecule has 0 aliphatic heterocycles. The van der Waals surface area contributed by atoms with Crippen LogP contribution in [0.25, 0.3) is 0 Å². The molecule has 1 aromatic heterocycles. The van der Waals surface area contributed by atoms with Crippen molar-refractivity contribution in [2.45, 2.75) is 6.54 Å². The van der Waals surface area contributed by atoms with E-state index in [-0.39, 0.29) is 12.2 Å². The van der Waals surface area contributed by atoms with E-state index in [0.717, 1.165) is 9.35 Å². The maximum Gasteiger partial charge on any atom is 0.152 e. The molecule has 6 heteroatoms. The van der Waals surface area contributed by atoms with Gasteiger partial charge in [0.1, 0.15) is 11.5 Å². The fourth-order valence-electron chi connectivity index (χ4n) is 1.33. The smallest absolute Gasteiger partial charge is 0.152 e. The minimum absolute atomic E-state index is 0.287. The summed E-state index contributed by atoms with van der Waals surface area (Å²) >= 11 is 4.74. The second-order valence-electron chi connectivity index (χ2n) is 3.33. The molecule has 17 heavy (non-hydrogen) atoms. The fraction of sp³-hybridized carbons (Fsp3) is 0.0909. The maximum atomic E-state index is 13.3. The van der Waals surface area contributed by atoms with Crippen LogP contribution in [0.3, 0.4) is 0 Å². The van der Waals surface area contributed by atoms with Crippen molar-refractivity contribution >= 4 is 33.0 Å². The number of rotatable bonds is 3. The van der Waals surface area contributed by atoms with Crippen molar-refractivity contribution in [3.8, 4) is 0 Å². The minimum atomic E-state index is -0.932. The van der Waals surface area contributed by atoms with Gasteiger partial charge in [-0.3, -0.25) is 0 Å². The van der Waals surface area contributed by atoms with Crippen molar-refractivity contribution in [3.63, 3.8) is 0 Å². The molecule has 1 heterocycles. The van der Waals surface area contributed by atoms with Gasteiger partial charge in [-0.1, -0.05) is 0 Å². The van der Waals surface area contributed by atoms with Gasteiger partial charge in [-0.15, -0.1) is 11.3 Å². The summed E-state index contributed by atoms with van der Waals surface area (Å²) in [4.78, 5) is 0.917. The summed E-state index contributed by atoms with van der Waals surface area (Å²) in [6, 6.07) is 3.14. The zero-order valence-corrected chi connectivity index (χ0v) is 10.8. The summed E-state index contributed by atoms with van der Waals surface area (Å²) in [5.41, 5.74) is -0.309. The Bertz CT molecular complexity index is 518. The number of thiophene rings is 1. The highest BCUT2D eigenvalue weighted by atomic mass is 79.9. The van der Waals surface area contributed by atoms with Crippen LogP contribution in [0.2, 0.25) is 0 Å². The van der Waals surface area contributed by atoms with Gasteiger partial charge in [0.15, 0.2) is 11.6 Å². The molecule has 2 rings (SSSR count). The lowest BCUT2D eigenvalue weighted by Gasteiger charge is -2.07. The molecule has 0 radical (unpaired) electrons. The van der Waals surface area contributed by atoms with Crippen LogP contribution in [0.4, 0.5) is 18.9 Å². The molecule has 0 saturated heterocycles. The lowest BCUT2D eigenvalue weighted by atomic mass is 10.2. The van der Waals surface area contributed by atoms with E-state index in [2.05, 4.69) is 21.2 Å². The average molecular weight is 322 g/mol. The first-order valence-electron chi connectivity index (χ1n) is 4.67. The van der Waals surface area contributed by atoms with Crippen molar-refractivity contribution in [1.29, 1.82) is 0 Å². The van der Waals surface area contributed by atoms with Crippen molar-refractivity contribution in [2.24, 2.45) is 0 Å². The summed E-state index contributed by atoms with van der Waals surface area (Å²) in [5.74, 6) is -2.79. The quantitative estimate of drug-likeness (QED) is 0.875. The monoisotopic (exact) mass is 321 g/mol. The van der Waals surface area contributed by atoms with E-state index in [1.807, 2.05) is 11.4 Å². The van der Waals surface area contributed by atoms with Crippen LogP contribution in [0, 0.1) is 17.5 Å². The third kappa shape index (κ3) is 3.01. The highest BCUT2D eigenvalue weighted by Gasteiger charge is 2.11. The van der Waals surface area contributed by atoms with E-state index in [1.54, 1.807) is 0 Å². The van der Waals surface area contributed by atoms with Crippen LogP contribution in [0.1, 0.15) is 4.88 Å². The number of anilines is 1. The molecule has 90 valence electrons. The number of hydrogen-bond acceptors (Lipinski definition) is 2. The molecule has 0 aliphatic rings. The second-order valence-corrected chi connectivity index (χ2v) is 5.24. The highest BCUT2D eigenvalue weighted by Crippen LogP contribution is 2.24. The molecular formula is C11H7BrF3NS. The van der Waals surface area contributed by atoms with Gasteiger partial charge in [0, 0.05) is 33.4 Å². The lowest BCUT2D eigenvalue weighted by Crippen LogP contribution is -2.03. The van der Waals surface area contributed by atoms with Crippen molar-refractivity contribution in [3.05, 3.63) is 50.4 Å². The Hall–Kier alpha value is -1.01. The van der Waals surface area contributed by atoms with Crippen molar-refractivity contribution in [1.82, 2.24) is 0 Å². The molecule has 2 aromatic rings. The summed E-state index contributed by atoms with van der Waals surface area (Å²) < 4.78 is 40.1. The molecule has 0 unspecified atom stereocenters. The Morgan fingerprint density at radius 2 is 1.76 bits per heavy atom. The van der Waals surface area contributed by atoms with E-state index in [1.165, 1.54) is 11.3 Å². The lowest BCUT2D eigenvalue weighted by molar-refractivity contribution is 0.547. The number of benzene rings is 1. The van der Waals surface area contributed by atoms with Crippen LogP contribution in [0.15, 0.2) is 28.1 Å². The van der Waals surface area contributed by atoms with Gasteiger partial charge >= 0.3 is 0 Å². The molecule has 0 amide bonds. The van der Waals surface area contributed by atoms with Crippen molar-refractivity contribution in [2.75, 3.05) is 5.32 Å². The van der Waals surface area contributed by atoms with Crippen LogP contribution in [0.5, 0.6) is 0 Å².